The lowest BCUT2D eigenvalue weighted by atomic mass is 9.97. The molecule has 0 saturated carbocycles. The Kier molecular flexibility index (Phi) is 5.74. The predicted octanol–water partition coefficient (Wildman–Crippen LogP) is 3.79. The van der Waals surface area contributed by atoms with Gasteiger partial charge in [0.15, 0.2) is 5.96 Å². The number of aliphatic imine (C=N–C) groups is 1. The number of guanidine groups is 1. The molecule has 5 heteroatoms. The Hall–Kier alpha value is -2.30. The molecule has 1 aromatic heterocycles. The number of benzene rings is 1. The summed E-state index contributed by atoms with van der Waals surface area (Å²) in [5.41, 5.74) is 1.88. The maximum absolute atomic E-state index is 5.60. The van der Waals surface area contributed by atoms with Crippen molar-refractivity contribution < 1.29 is 4.42 Å². The maximum atomic E-state index is 5.60. The summed E-state index contributed by atoms with van der Waals surface area (Å²) in [5.74, 6) is 3.14. The van der Waals surface area contributed by atoms with Crippen molar-refractivity contribution in [2.75, 3.05) is 20.1 Å². The largest absolute Gasteiger partial charge is 0.444 e. The highest BCUT2D eigenvalue weighted by Crippen LogP contribution is 2.23. The highest BCUT2D eigenvalue weighted by Gasteiger charge is 2.25. The van der Waals surface area contributed by atoms with Gasteiger partial charge in [-0.1, -0.05) is 32.0 Å². The van der Waals surface area contributed by atoms with E-state index in [2.05, 4.69) is 34.0 Å². The molecule has 0 spiro atoms. The number of rotatable bonds is 5. The molecule has 0 bridgehead atoms. The van der Waals surface area contributed by atoms with E-state index in [9.17, 15) is 0 Å². The van der Waals surface area contributed by atoms with E-state index in [-0.39, 0.29) is 0 Å². The van der Waals surface area contributed by atoms with Crippen molar-refractivity contribution in [3.63, 3.8) is 0 Å². The van der Waals surface area contributed by atoms with E-state index >= 15 is 0 Å². The van der Waals surface area contributed by atoms with Crippen molar-refractivity contribution in [3.8, 4) is 11.5 Å². The molecule has 2 aromatic rings. The van der Waals surface area contributed by atoms with Crippen LogP contribution in [0.15, 0.2) is 46.0 Å². The Morgan fingerprint density at radius 1 is 1.36 bits per heavy atom. The molecule has 1 aliphatic heterocycles. The van der Waals surface area contributed by atoms with Gasteiger partial charge in [-0.05, 0) is 36.8 Å². The van der Waals surface area contributed by atoms with Gasteiger partial charge in [-0.3, -0.25) is 4.99 Å². The Bertz CT molecular complexity index is 693. The second-order valence-electron chi connectivity index (χ2n) is 7.14. The van der Waals surface area contributed by atoms with Crippen LogP contribution in [0, 0.1) is 11.8 Å². The van der Waals surface area contributed by atoms with Crippen LogP contribution in [0.4, 0.5) is 0 Å². The predicted molar refractivity (Wildman–Crippen MR) is 101 cm³/mol. The molecule has 1 aliphatic rings. The van der Waals surface area contributed by atoms with Crippen LogP contribution in [0.5, 0.6) is 0 Å². The molecule has 25 heavy (non-hydrogen) atoms. The van der Waals surface area contributed by atoms with Crippen LogP contribution in [0.3, 0.4) is 0 Å². The van der Waals surface area contributed by atoms with Crippen molar-refractivity contribution in [1.29, 1.82) is 0 Å². The minimum atomic E-state index is 0.619. The van der Waals surface area contributed by atoms with Gasteiger partial charge in [-0.2, -0.15) is 0 Å². The molecule has 1 N–H and O–H groups in total. The van der Waals surface area contributed by atoms with Crippen LogP contribution in [-0.4, -0.2) is 36.0 Å². The second-order valence-corrected chi connectivity index (χ2v) is 7.14. The van der Waals surface area contributed by atoms with Gasteiger partial charge in [0, 0.05) is 25.7 Å². The Morgan fingerprint density at radius 3 is 2.88 bits per heavy atom. The minimum Gasteiger partial charge on any atom is -0.444 e. The molecule has 134 valence electrons. The first-order valence-electron chi connectivity index (χ1n) is 9.11. The van der Waals surface area contributed by atoms with Gasteiger partial charge in [-0.25, -0.2) is 4.98 Å². The third-order valence-electron chi connectivity index (χ3n) is 4.60. The lowest BCUT2D eigenvalue weighted by molar-refractivity contribution is 0.403. The fourth-order valence-corrected chi connectivity index (χ4v) is 3.49. The molecular weight excluding hydrogens is 312 g/mol. The molecule has 3 rings (SSSR count). The molecule has 0 aliphatic carbocycles. The summed E-state index contributed by atoms with van der Waals surface area (Å²) in [4.78, 5) is 11.4. The standard InChI is InChI=1S/C20H28N4O/c1-15(2)11-16-9-10-24(13-16)20(21-3)22-12-18-14-25-19(23-18)17-7-5-4-6-8-17/h4-8,14-16H,9-13H2,1-3H3,(H,21,22). The normalized spacial score (nSPS) is 18.2. The Labute approximate surface area is 150 Å². The lowest BCUT2D eigenvalue weighted by Crippen LogP contribution is -2.39. The number of nitrogens with one attached hydrogen (secondary N) is 1. The molecule has 2 heterocycles. The van der Waals surface area contributed by atoms with Gasteiger partial charge < -0.3 is 14.6 Å². The van der Waals surface area contributed by atoms with E-state index in [1.165, 1.54) is 12.8 Å². The average Bonchev–Trinajstić information content (AvgIpc) is 3.26. The smallest absolute Gasteiger partial charge is 0.226 e. The van der Waals surface area contributed by atoms with Crippen LogP contribution in [0.2, 0.25) is 0 Å². The Morgan fingerprint density at radius 2 is 2.16 bits per heavy atom. The molecule has 5 nitrogen and oxygen atoms in total. The number of oxazole rings is 1. The van der Waals surface area contributed by atoms with E-state index < -0.39 is 0 Å². The van der Waals surface area contributed by atoms with Gasteiger partial charge in [-0.15, -0.1) is 0 Å². The van der Waals surface area contributed by atoms with Crippen molar-refractivity contribution in [3.05, 3.63) is 42.3 Å². The highest BCUT2D eigenvalue weighted by atomic mass is 16.3. The third-order valence-corrected chi connectivity index (χ3v) is 4.60. The zero-order chi connectivity index (χ0) is 17.6. The summed E-state index contributed by atoms with van der Waals surface area (Å²) in [6.07, 6.45) is 4.26. The van der Waals surface area contributed by atoms with Gasteiger partial charge in [0.05, 0.1) is 12.2 Å². The summed E-state index contributed by atoms with van der Waals surface area (Å²) in [6, 6.07) is 9.96. The van der Waals surface area contributed by atoms with E-state index in [0.717, 1.165) is 42.1 Å². The fraction of sp³-hybridized carbons (Fsp3) is 0.500. The molecule has 1 saturated heterocycles. The summed E-state index contributed by atoms with van der Waals surface area (Å²) in [7, 11) is 1.84. The van der Waals surface area contributed by atoms with E-state index in [4.69, 9.17) is 4.42 Å². The quantitative estimate of drug-likeness (QED) is 0.665. The second kappa shape index (κ2) is 8.19. The molecular formula is C20H28N4O. The molecule has 0 amide bonds. The van der Waals surface area contributed by atoms with E-state index in [1.54, 1.807) is 6.26 Å². The monoisotopic (exact) mass is 340 g/mol. The zero-order valence-electron chi connectivity index (χ0n) is 15.4. The van der Waals surface area contributed by atoms with Gasteiger partial charge in [0.25, 0.3) is 0 Å². The van der Waals surface area contributed by atoms with Crippen molar-refractivity contribution in [2.24, 2.45) is 16.8 Å². The first-order valence-corrected chi connectivity index (χ1v) is 9.11. The van der Waals surface area contributed by atoms with E-state index in [1.807, 2.05) is 37.4 Å². The van der Waals surface area contributed by atoms with Crippen LogP contribution in [-0.2, 0) is 6.54 Å². The molecule has 1 unspecified atom stereocenters. The zero-order valence-corrected chi connectivity index (χ0v) is 15.4. The van der Waals surface area contributed by atoms with Gasteiger partial charge >= 0.3 is 0 Å². The summed E-state index contributed by atoms with van der Waals surface area (Å²) in [6.45, 7) is 7.38. The van der Waals surface area contributed by atoms with Crippen LogP contribution in [0.1, 0.15) is 32.4 Å². The third kappa shape index (κ3) is 4.62. The molecule has 1 fully saturated rings. The molecule has 0 radical (unpaired) electrons. The Balaban J connectivity index is 1.55. The lowest BCUT2D eigenvalue weighted by Gasteiger charge is -2.21. The minimum absolute atomic E-state index is 0.619. The first-order chi connectivity index (χ1) is 12.2. The summed E-state index contributed by atoms with van der Waals surface area (Å²) < 4.78 is 5.60. The van der Waals surface area contributed by atoms with Crippen LogP contribution in [0.25, 0.3) is 11.5 Å². The average molecular weight is 340 g/mol. The van der Waals surface area contributed by atoms with Gasteiger partial charge in [0.2, 0.25) is 5.89 Å². The van der Waals surface area contributed by atoms with Crippen LogP contribution >= 0.6 is 0 Å². The number of hydrogen-bond acceptors (Lipinski definition) is 3. The number of nitrogens with zero attached hydrogens (tertiary/aromatic N) is 3. The van der Waals surface area contributed by atoms with Crippen LogP contribution < -0.4 is 5.32 Å². The van der Waals surface area contributed by atoms with Crippen molar-refractivity contribution in [1.82, 2.24) is 15.2 Å². The fourth-order valence-electron chi connectivity index (χ4n) is 3.49. The van der Waals surface area contributed by atoms with E-state index in [0.29, 0.717) is 12.4 Å². The first kappa shape index (κ1) is 17.5. The topological polar surface area (TPSA) is 53.7 Å². The number of hydrogen-bond donors (Lipinski definition) is 1. The van der Waals surface area contributed by atoms with Crippen molar-refractivity contribution in [2.45, 2.75) is 33.2 Å². The maximum Gasteiger partial charge on any atom is 0.226 e. The molecule has 1 aromatic carbocycles. The SMILES string of the molecule is CN=C(NCc1coc(-c2ccccc2)n1)N1CCC(CC(C)C)C1. The highest BCUT2D eigenvalue weighted by molar-refractivity contribution is 5.80. The molecule has 1 atom stereocenters. The van der Waals surface area contributed by atoms with Crippen molar-refractivity contribution >= 4 is 5.96 Å². The van der Waals surface area contributed by atoms with Gasteiger partial charge in [0.1, 0.15) is 6.26 Å². The number of aromatic nitrogens is 1. The summed E-state index contributed by atoms with van der Waals surface area (Å²) in [5, 5.41) is 3.42. The summed E-state index contributed by atoms with van der Waals surface area (Å²) >= 11 is 0. The number of likely N-dealkylation sites (tertiary alicyclic amines) is 1.